The van der Waals surface area contributed by atoms with Crippen LogP contribution in [-0.2, 0) is 48.0 Å². The molecule has 4 unspecified atom stereocenters. The molecule has 2 heterocycles. The van der Waals surface area contributed by atoms with Crippen molar-refractivity contribution in [1.29, 1.82) is 0 Å². The molecule has 5 aliphatic rings. The maximum Gasteiger partial charge on any atom is 0.288 e. The van der Waals surface area contributed by atoms with Gasteiger partial charge in [-0.05, 0) is 12.8 Å². The summed E-state index contributed by atoms with van der Waals surface area (Å²) in [7, 11) is -8.43. The molecule has 212 valence electrons. The summed E-state index contributed by atoms with van der Waals surface area (Å²) >= 11 is 0. The molecule has 3 aliphatic carbocycles. The standard InChI is InChI=1S/C24H34N2O10S2/c1-3-5-7-9-13-37(31,32)35-25-21(27)17-15-11-12-16(18(17)22(25)28)20-19(15)23(29)26(24(20)30)36-38(33,34)14-10-8-6-4-2/h11-12,15-20H,3-10,13-14H2,1-2H3. The molecule has 2 aliphatic heterocycles. The molecule has 5 rings (SSSR count). The van der Waals surface area contributed by atoms with Crippen LogP contribution < -0.4 is 0 Å². The van der Waals surface area contributed by atoms with Crippen molar-refractivity contribution in [3.05, 3.63) is 12.2 Å². The number of carbonyl (C=O) groups is 4. The van der Waals surface area contributed by atoms with E-state index in [1.165, 1.54) is 0 Å². The molecule has 0 aromatic carbocycles. The third-order valence-corrected chi connectivity index (χ3v) is 10.1. The van der Waals surface area contributed by atoms with Crippen molar-refractivity contribution in [2.75, 3.05) is 11.5 Å². The van der Waals surface area contributed by atoms with Crippen LogP contribution in [0.3, 0.4) is 0 Å². The Bertz CT molecular complexity index is 1090. The Labute approximate surface area is 222 Å². The molecular formula is C24H34N2O10S2. The van der Waals surface area contributed by atoms with Crippen molar-refractivity contribution in [2.45, 2.75) is 65.2 Å². The zero-order valence-corrected chi connectivity index (χ0v) is 23.1. The van der Waals surface area contributed by atoms with Gasteiger partial charge in [0.15, 0.2) is 0 Å². The number of nitrogens with zero attached hydrogens (tertiary/aromatic N) is 2. The summed E-state index contributed by atoms with van der Waals surface area (Å²) in [5.41, 5.74) is 0. The minimum atomic E-state index is -4.21. The van der Waals surface area contributed by atoms with Gasteiger partial charge in [-0.1, -0.05) is 64.5 Å². The third-order valence-electron chi connectivity index (χ3n) is 7.80. The molecule has 0 spiro atoms. The van der Waals surface area contributed by atoms with Crippen LogP contribution in [-0.4, -0.2) is 62.1 Å². The van der Waals surface area contributed by atoms with Gasteiger partial charge in [-0.25, -0.2) is 0 Å². The highest BCUT2D eigenvalue weighted by molar-refractivity contribution is 7.86. The second-order valence-electron chi connectivity index (χ2n) is 10.4. The summed E-state index contributed by atoms with van der Waals surface area (Å²) in [6.07, 6.45) is 8.54. The first-order chi connectivity index (χ1) is 17.9. The molecule has 0 aromatic heterocycles. The van der Waals surface area contributed by atoms with Gasteiger partial charge in [0.25, 0.3) is 43.9 Å². The zero-order chi connectivity index (χ0) is 27.8. The van der Waals surface area contributed by atoms with E-state index in [4.69, 9.17) is 8.57 Å². The molecule has 2 saturated heterocycles. The van der Waals surface area contributed by atoms with E-state index >= 15 is 0 Å². The molecule has 4 atom stereocenters. The molecule has 2 bridgehead atoms. The maximum atomic E-state index is 13.2. The molecule has 12 nitrogen and oxygen atoms in total. The topological polar surface area (TPSA) is 161 Å². The lowest BCUT2D eigenvalue weighted by molar-refractivity contribution is -0.166. The third kappa shape index (κ3) is 5.32. The second-order valence-corrected chi connectivity index (χ2v) is 13.7. The van der Waals surface area contributed by atoms with Crippen molar-refractivity contribution >= 4 is 43.9 Å². The van der Waals surface area contributed by atoms with Gasteiger partial charge in [-0.15, -0.1) is 18.7 Å². The van der Waals surface area contributed by atoms with Crippen LogP contribution >= 0.6 is 0 Å². The lowest BCUT2D eigenvalue weighted by Crippen LogP contribution is -2.50. The van der Waals surface area contributed by atoms with E-state index in [-0.39, 0.29) is 21.6 Å². The van der Waals surface area contributed by atoms with Gasteiger partial charge in [-0.2, -0.15) is 16.8 Å². The molecule has 38 heavy (non-hydrogen) atoms. The van der Waals surface area contributed by atoms with Gasteiger partial charge in [0.05, 0.1) is 35.2 Å². The number of hydrogen-bond acceptors (Lipinski definition) is 10. The van der Waals surface area contributed by atoms with Gasteiger partial charge in [0.2, 0.25) is 0 Å². The van der Waals surface area contributed by atoms with Crippen LogP contribution in [0.2, 0.25) is 0 Å². The van der Waals surface area contributed by atoms with Gasteiger partial charge in [0.1, 0.15) is 0 Å². The molecule has 3 fully saturated rings. The van der Waals surface area contributed by atoms with Crippen molar-refractivity contribution in [2.24, 2.45) is 35.5 Å². The van der Waals surface area contributed by atoms with E-state index in [9.17, 15) is 36.0 Å². The highest BCUT2D eigenvalue weighted by Crippen LogP contribution is 2.58. The Morgan fingerprint density at radius 1 is 0.579 bits per heavy atom. The number of unbranched alkanes of at least 4 members (excludes halogenated alkanes) is 6. The smallest absolute Gasteiger partial charge is 0.272 e. The predicted octanol–water partition coefficient (Wildman–Crippen LogP) is 1.69. The van der Waals surface area contributed by atoms with Crippen molar-refractivity contribution < 1.29 is 44.6 Å². The Hall–Kier alpha value is -2.16. The number of carbonyl (C=O) groups excluding carboxylic acids is 4. The SMILES string of the molecule is CCCCCCS(=O)(=O)ON1C(=O)C2C3C=CC(C2C1=O)C1C(=O)N(OS(=O)(=O)CCCCCC)C(=O)C31. The summed E-state index contributed by atoms with van der Waals surface area (Å²) in [6, 6.07) is 0. The first kappa shape index (κ1) is 28.8. The van der Waals surface area contributed by atoms with E-state index in [1.54, 1.807) is 12.2 Å². The normalized spacial score (nSPS) is 30.5. The fourth-order valence-corrected chi connectivity index (χ4v) is 8.04. The van der Waals surface area contributed by atoms with Gasteiger partial charge in [-0.3, -0.25) is 19.2 Å². The number of hydroxylamine groups is 4. The highest BCUT2D eigenvalue weighted by Gasteiger charge is 2.70. The molecular weight excluding hydrogens is 540 g/mol. The van der Waals surface area contributed by atoms with Crippen LogP contribution in [0.1, 0.15) is 65.2 Å². The minimum Gasteiger partial charge on any atom is -0.272 e. The molecule has 1 saturated carbocycles. The Morgan fingerprint density at radius 2 is 0.895 bits per heavy atom. The second kappa shape index (κ2) is 11.1. The number of imide groups is 2. The number of amides is 4. The summed E-state index contributed by atoms with van der Waals surface area (Å²) in [5.74, 6) is -10.5. The first-order valence-corrected chi connectivity index (χ1v) is 16.4. The Kier molecular flexibility index (Phi) is 8.46. The van der Waals surface area contributed by atoms with E-state index in [0.717, 1.165) is 25.7 Å². The lowest BCUT2D eigenvalue weighted by Gasteiger charge is -2.44. The zero-order valence-electron chi connectivity index (χ0n) is 21.5. The van der Waals surface area contributed by atoms with Crippen LogP contribution in [0, 0.1) is 35.5 Å². The largest absolute Gasteiger partial charge is 0.288 e. The van der Waals surface area contributed by atoms with E-state index < -0.39 is 79.4 Å². The predicted molar refractivity (Wildman–Crippen MR) is 132 cm³/mol. The summed E-state index contributed by atoms with van der Waals surface area (Å²) in [4.78, 5) is 52.8. The molecule has 4 amide bonds. The number of allylic oxidation sites excluding steroid dienone is 2. The van der Waals surface area contributed by atoms with Gasteiger partial charge < -0.3 is 0 Å². The quantitative estimate of drug-likeness (QED) is 0.170. The maximum absolute atomic E-state index is 13.2. The average Bonchev–Trinajstić information content (AvgIpc) is 3.27. The Morgan fingerprint density at radius 3 is 1.18 bits per heavy atom. The van der Waals surface area contributed by atoms with Gasteiger partial charge in [0, 0.05) is 11.8 Å². The molecule has 0 radical (unpaired) electrons. The average molecular weight is 575 g/mol. The van der Waals surface area contributed by atoms with E-state index in [2.05, 4.69) is 0 Å². The molecule has 14 heteroatoms. The summed E-state index contributed by atoms with van der Waals surface area (Å²) < 4.78 is 59.6. The van der Waals surface area contributed by atoms with Crippen LogP contribution in [0.4, 0.5) is 0 Å². The first-order valence-electron chi connectivity index (χ1n) is 13.2. The van der Waals surface area contributed by atoms with Crippen LogP contribution in [0.25, 0.3) is 0 Å². The monoisotopic (exact) mass is 574 g/mol. The van der Waals surface area contributed by atoms with Crippen molar-refractivity contribution in [1.82, 2.24) is 10.1 Å². The Balaban J connectivity index is 1.49. The number of rotatable bonds is 14. The van der Waals surface area contributed by atoms with Crippen molar-refractivity contribution in [3.8, 4) is 0 Å². The fourth-order valence-electron chi connectivity index (χ4n) is 6.03. The van der Waals surface area contributed by atoms with E-state index in [0.29, 0.717) is 25.7 Å². The molecule has 0 N–H and O–H groups in total. The highest BCUT2D eigenvalue weighted by atomic mass is 32.2. The van der Waals surface area contributed by atoms with Gasteiger partial charge >= 0.3 is 0 Å². The van der Waals surface area contributed by atoms with Crippen LogP contribution in [0.5, 0.6) is 0 Å². The minimum absolute atomic E-state index is 0.266. The van der Waals surface area contributed by atoms with Crippen molar-refractivity contribution in [3.63, 3.8) is 0 Å². The van der Waals surface area contributed by atoms with Crippen LogP contribution in [0.15, 0.2) is 12.2 Å². The summed E-state index contributed by atoms with van der Waals surface area (Å²) in [6.45, 7) is 3.95. The number of hydrogen-bond donors (Lipinski definition) is 0. The summed E-state index contributed by atoms with van der Waals surface area (Å²) in [5, 5.41) is 0.533. The lowest BCUT2D eigenvalue weighted by atomic mass is 9.54. The fraction of sp³-hybridized carbons (Fsp3) is 0.750. The van der Waals surface area contributed by atoms with E-state index in [1.807, 2.05) is 13.8 Å². The molecule has 0 aromatic rings.